The van der Waals surface area contributed by atoms with Gasteiger partial charge in [-0.25, -0.2) is 9.59 Å². The molecule has 1 saturated heterocycles. The number of aliphatic hydroxyl groups excluding tert-OH is 1. The molecule has 1 aliphatic heterocycles. The Hall–Kier alpha value is -1.30. The van der Waals surface area contributed by atoms with Crippen molar-refractivity contribution in [3.63, 3.8) is 0 Å². The van der Waals surface area contributed by atoms with Crippen LogP contribution in [0.15, 0.2) is 0 Å². The number of nitrogens with zero attached hydrogens (tertiary/aromatic N) is 1. The quantitative estimate of drug-likeness (QED) is 0.723. The van der Waals surface area contributed by atoms with Gasteiger partial charge in [0.15, 0.2) is 0 Å². The Morgan fingerprint density at radius 3 is 2.25 bits per heavy atom. The van der Waals surface area contributed by atoms with Crippen molar-refractivity contribution in [2.75, 3.05) is 19.7 Å². The highest BCUT2D eigenvalue weighted by atomic mass is 16.4. The van der Waals surface area contributed by atoms with Gasteiger partial charge in [-0.2, -0.15) is 0 Å². The third-order valence-electron chi connectivity index (χ3n) is 4.79. The summed E-state index contributed by atoms with van der Waals surface area (Å²) in [6.07, 6.45) is 7.22. The van der Waals surface area contributed by atoms with E-state index < -0.39 is 12.0 Å². The summed E-state index contributed by atoms with van der Waals surface area (Å²) in [5.41, 5.74) is 0.439. The number of carbonyl (C=O) groups is 2. The molecule has 2 fully saturated rings. The number of amides is 2. The Bertz CT molecular complexity index is 356. The van der Waals surface area contributed by atoms with Crippen LogP contribution in [-0.4, -0.2) is 52.9 Å². The van der Waals surface area contributed by atoms with E-state index in [0.29, 0.717) is 18.5 Å². The molecule has 2 rings (SSSR count). The summed E-state index contributed by atoms with van der Waals surface area (Å²) in [7, 11) is 0. The van der Waals surface area contributed by atoms with Gasteiger partial charge >= 0.3 is 12.0 Å². The molecule has 1 saturated carbocycles. The van der Waals surface area contributed by atoms with E-state index in [4.69, 9.17) is 10.2 Å². The summed E-state index contributed by atoms with van der Waals surface area (Å²) in [6, 6.07) is -1.33. The van der Waals surface area contributed by atoms with Crippen molar-refractivity contribution in [1.29, 1.82) is 0 Å². The molecule has 1 atom stereocenters. The summed E-state index contributed by atoms with van der Waals surface area (Å²) in [5.74, 6) is -1.10. The second-order valence-corrected chi connectivity index (χ2v) is 6.05. The number of aliphatic hydroxyl groups is 1. The van der Waals surface area contributed by atoms with E-state index in [9.17, 15) is 9.59 Å². The zero-order valence-electron chi connectivity index (χ0n) is 11.8. The van der Waals surface area contributed by atoms with Gasteiger partial charge in [0.2, 0.25) is 0 Å². The van der Waals surface area contributed by atoms with Crippen molar-refractivity contribution in [1.82, 2.24) is 10.2 Å². The van der Waals surface area contributed by atoms with Gasteiger partial charge in [0.05, 0.1) is 0 Å². The second-order valence-electron chi connectivity index (χ2n) is 6.05. The third kappa shape index (κ3) is 3.42. The first kappa shape index (κ1) is 15.1. The molecule has 1 spiro atoms. The zero-order valence-corrected chi connectivity index (χ0v) is 11.8. The first-order valence-electron chi connectivity index (χ1n) is 7.45. The molecular formula is C14H24N2O4. The molecule has 20 heavy (non-hydrogen) atoms. The first-order valence-corrected chi connectivity index (χ1v) is 7.45. The molecule has 0 aromatic carbocycles. The van der Waals surface area contributed by atoms with Crippen LogP contribution < -0.4 is 5.32 Å². The highest BCUT2D eigenvalue weighted by Gasteiger charge is 2.38. The standard InChI is InChI=1S/C14H24N2O4/c17-10-3-11(12(18)19)15-13(20)16-8-6-14(7-9-16)4-1-2-5-14/h11,17H,1-10H2,(H,15,20)(H,18,19). The predicted octanol–water partition coefficient (Wildman–Crippen LogP) is 1.19. The smallest absolute Gasteiger partial charge is 0.326 e. The summed E-state index contributed by atoms with van der Waals surface area (Å²) in [4.78, 5) is 24.7. The Kier molecular flexibility index (Phi) is 4.86. The van der Waals surface area contributed by atoms with Crippen molar-refractivity contribution in [3.05, 3.63) is 0 Å². The molecule has 2 amide bonds. The average molecular weight is 284 g/mol. The second kappa shape index (κ2) is 6.43. The molecule has 0 radical (unpaired) electrons. The number of likely N-dealkylation sites (tertiary alicyclic amines) is 1. The van der Waals surface area contributed by atoms with Crippen molar-refractivity contribution < 1.29 is 19.8 Å². The van der Waals surface area contributed by atoms with E-state index >= 15 is 0 Å². The van der Waals surface area contributed by atoms with Crippen LogP contribution in [0.1, 0.15) is 44.9 Å². The van der Waals surface area contributed by atoms with Gasteiger partial charge in [-0.15, -0.1) is 0 Å². The maximum atomic E-state index is 12.1. The molecule has 2 aliphatic rings. The number of rotatable bonds is 4. The Morgan fingerprint density at radius 2 is 1.75 bits per heavy atom. The lowest BCUT2D eigenvalue weighted by atomic mass is 9.77. The van der Waals surface area contributed by atoms with Gasteiger partial charge in [0, 0.05) is 26.1 Å². The van der Waals surface area contributed by atoms with E-state index in [1.807, 2.05) is 0 Å². The van der Waals surface area contributed by atoms with Crippen molar-refractivity contribution in [2.45, 2.75) is 51.0 Å². The lowest BCUT2D eigenvalue weighted by Crippen LogP contribution is -2.51. The van der Waals surface area contributed by atoms with E-state index in [-0.39, 0.29) is 19.1 Å². The number of nitrogens with one attached hydrogen (secondary N) is 1. The molecule has 0 bridgehead atoms. The maximum Gasteiger partial charge on any atom is 0.326 e. The van der Waals surface area contributed by atoms with Gasteiger partial charge in [0.1, 0.15) is 6.04 Å². The lowest BCUT2D eigenvalue weighted by Gasteiger charge is -2.39. The molecule has 3 N–H and O–H groups in total. The van der Waals surface area contributed by atoms with Crippen LogP contribution in [-0.2, 0) is 4.79 Å². The SMILES string of the molecule is O=C(O)C(CCO)NC(=O)N1CCC2(CCCC2)CC1. The van der Waals surface area contributed by atoms with Crippen LogP contribution in [0.5, 0.6) is 0 Å². The minimum atomic E-state index is -1.10. The van der Waals surface area contributed by atoms with Crippen LogP contribution in [0.3, 0.4) is 0 Å². The first-order chi connectivity index (χ1) is 9.56. The van der Waals surface area contributed by atoms with Crippen LogP contribution in [0.2, 0.25) is 0 Å². The van der Waals surface area contributed by atoms with Crippen molar-refractivity contribution in [2.24, 2.45) is 5.41 Å². The average Bonchev–Trinajstić information content (AvgIpc) is 2.87. The van der Waals surface area contributed by atoms with Gasteiger partial charge in [-0.05, 0) is 31.1 Å². The molecule has 1 heterocycles. The minimum absolute atomic E-state index is 0.0405. The molecular weight excluding hydrogens is 260 g/mol. The molecule has 6 heteroatoms. The number of carboxylic acids is 1. The number of carbonyl (C=O) groups excluding carboxylic acids is 1. The molecule has 1 aliphatic carbocycles. The number of hydrogen-bond donors (Lipinski definition) is 3. The van der Waals surface area contributed by atoms with Gasteiger partial charge < -0.3 is 20.4 Å². The summed E-state index contributed by atoms with van der Waals surface area (Å²) in [5, 5.41) is 20.3. The minimum Gasteiger partial charge on any atom is -0.480 e. The summed E-state index contributed by atoms with van der Waals surface area (Å²) >= 11 is 0. The molecule has 114 valence electrons. The number of hydrogen-bond acceptors (Lipinski definition) is 3. The maximum absolute atomic E-state index is 12.1. The number of carboxylic acid groups (broad SMARTS) is 1. The number of urea groups is 1. The van der Waals surface area contributed by atoms with E-state index in [2.05, 4.69) is 5.32 Å². The van der Waals surface area contributed by atoms with E-state index in [1.54, 1.807) is 4.90 Å². The van der Waals surface area contributed by atoms with Crippen LogP contribution in [0, 0.1) is 5.41 Å². The van der Waals surface area contributed by atoms with E-state index in [1.165, 1.54) is 25.7 Å². The zero-order chi connectivity index (χ0) is 14.6. The van der Waals surface area contributed by atoms with Crippen LogP contribution in [0.25, 0.3) is 0 Å². The van der Waals surface area contributed by atoms with Gasteiger partial charge in [0.25, 0.3) is 0 Å². The molecule has 6 nitrogen and oxygen atoms in total. The third-order valence-corrected chi connectivity index (χ3v) is 4.79. The summed E-state index contributed by atoms with van der Waals surface area (Å²) < 4.78 is 0. The molecule has 0 aromatic heterocycles. The van der Waals surface area contributed by atoms with Gasteiger partial charge in [-0.3, -0.25) is 0 Å². The highest BCUT2D eigenvalue weighted by molar-refractivity contribution is 5.82. The van der Waals surface area contributed by atoms with Gasteiger partial charge in [-0.1, -0.05) is 12.8 Å². The van der Waals surface area contributed by atoms with Crippen molar-refractivity contribution in [3.8, 4) is 0 Å². The topological polar surface area (TPSA) is 89.9 Å². The molecule has 0 aromatic rings. The Morgan fingerprint density at radius 1 is 1.15 bits per heavy atom. The van der Waals surface area contributed by atoms with Crippen molar-refractivity contribution >= 4 is 12.0 Å². The monoisotopic (exact) mass is 284 g/mol. The van der Waals surface area contributed by atoms with Crippen LogP contribution in [0.4, 0.5) is 4.79 Å². The Balaban J connectivity index is 1.83. The fraction of sp³-hybridized carbons (Fsp3) is 0.857. The normalized spacial score (nSPS) is 22.8. The summed E-state index contributed by atoms with van der Waals surface area (Å²) in [6.45, 7) is 1.16. The highest BCUT2D eigenvalue weighted by Crippen LogP contribution is 2.46. The van der Waals surface area contributed by atoms with E-state index in [0.717, 1.165) is 12.8 Å². The predicted molar refractivity (Wildman–Crippen MR) is 73.4 cm³/mol. The lowest BCUT2D eigenvalue weighted by molar-refractivity contribution is -0.139. The fourth-order valence-electron chi connectivity index (χ4n) is 3.44. The van der Waals surface area contributed by atoms with Crippen LogP contribution >= 0.6 is 0 Å². The number of piperidine rings is 1. The largest absolute Gasteiger partial charge is 0.480 e. The molecule has 1 unspecified atom stereocenters. The Labute approximate surface area is 119 Å². The number of aliphatic carboxylic acids is 1. The fourth-order valence-corrected chi connectivity index (χ4v) is 3.44.